The second-order valence-electron chi connectivity index (χ2n) is 9.20. The molecule has 1 fully saturated rings. The number of hydrogen-bond donors (Lipinski definition) is 0. The van der Waals surface area contributed by atoms with E-state index in [1.807, 2.05) is 17.0 Å². The van der Waals surface area contributed by atoms with Gasteiger partial charge in [0.2, 0.25) is 5.91 Å². The predicted octanol–water partition coefficient (Wildman–Crippen LogP) is 4.50. The molecule has 6 heteroatoms. The minimum atomic E-state index is -0.248. The molecular formula is C26H28FN3O2. The van der Waals surface area contributed by atoms with E-state index in [0.717, 1.165) is 60.7 Å². The second kappa shape index (κ2) is 8.85. The van der Waals surface area contributed by atoms with Crippen LogP contribution in [-0.4, -0.2) is 33.2 Å². The molecule has 2 aromatic heterocycles. The van der Waals surface area contributed by atoms with Gasteiger partial charge in [0.1, 0.15) is 17.8 Å². The second-order valence-corrected chi connectivity index (χ2v) is 9.20. The van der Waals surface area contributed by atoms with Gasteiger partial charge in [-0.25, -0.2) is 9.37 Å². The van der Waals surface area contributed by atoms with Crippen molar-refractivity contribution >= 4 is 23.2 Å². The average molecular weight is 434 g/mol. The first-order chi connectivity index (χ1) is 15.6. The van der Waals surface area contributed by atoms with Crippen molar-refractivity contribution in [2.45, 2.75) is 51.6 Å². The number of carbonyl (C=O) groups excluding carboxylic acids is 2. The molecule has 1 saturated carbocycles. The maximum Gasteiger partial charge on any atom is 0.223 e. The first kappa shape index (κ1) is 20.9. The van der Waals surface area contributed by atoms with Crippen LogP contribution in [0.3, 0.4) is 0 Å². The monoisotopic (exact) mass is 433 g/mol. The van der Waals surface area contributed by atoms with Gasteiger partial charge >= 0.3 is 0 Å². The minimum absolute atomic E-state index is 0.171. The summed E-state index contributed by atoms with van der Waals surface area (Å²) in [7, 11) is 0. The third-order valence-corrected chi connectivity index (χ3v) is 7.14. The van der Waals surface area contributed by atoms with E-state index >= 15 is 0 Å². The molecule has 3 heterocycles. The maximum absolute atomic E-state index is 13.8. The van der Waals surface area contributed by atoms with Crippen LogP contribution >= 0.6 is 0 Å². The number of rotatable bonds is 5. The molecule has 32 heavy (non-hydrogen) atoms. The van der Waals surface area contributed by atoms with Gasteiger partial charge in [-0.2, -0.15) is 0 Å². The molecule has 0 spiro atoms. The van der Waals surface area contributed by atoms with Gasteiger partial charge in [-0.15, -0.1) is 0 Å². The summed E-state index contributed by atoms with van der Waals surface area (Å²) in [6, 6.07) is 10.7. The van der Waals surface area contributed by atoms with Crippen LogP contribution < -0.4 is 0 Å². The van der Waals surface area contributed by atoms with Crippen molar-refractivity contribution in [3.63, 3.8) is 0 Å². The van der Waals surface area contributed by atoms with Crippen molar-refractivity contribution in [2.24, 2.45) is 11.8 Å². The number of amides is 1. The van der Waals surface area contributed by atoms with Gasteiger partial charge in [-0.05, 0) is 73.4 Å². The number of fused-ring (bicyclic) bond motifs is 3. The van der Waals surface area contributed by atoms with Crippen molar-refractivity contribution < 1.29 is 14.0 Å². The Kier molecular flexibility index (Phi) is 5.77. The lowest BCUT2D eigenvalue weighted by atomic mass is 9.81. The topological polar surface area (TPSA) is 55.2 Å². The van der Waals surface area contributed by atoms with E-state index in [-0.39, 0.29) is 17.6 Å². The fourth-order valence-electron chi connectivity index (χ4n) is 5.37. The first-order valence-electron chi connectivity index (χ1n) is 11.5. The van der Waals surface area contributed by atoms with Gasteiger partial charge in [-0.1, -0.05) is 12.1 Å². The predicted molar refractivity (Wildman–Crippen MR) is 120 cm³/mol. The fraction of sp³-hybridized carbons (Fsp3) is 0.423. The molecule has 0 bridgehead atoms. The molecular weight excluding hydrogens is 405 g/mol. The molecule has 0 radical (unpaired) electrons. The number of aldehydes is 1. The molecule has 1 aliphatic carbocycles. The summed E-state index contributed by atoms with van der Waals surface area (Å²) >= 11 is 0. The van der Waals surface area contributed by atoms with Crippen molar-refractivity contribution in [3.05, 3.63) is 65.2 Å². The average Bonchev–Trinajstić information content (AvgIpc) is 3.12. The number of nitrogens with zero attached hydrogens (tertiary/aromatic N) is 3. The van der Waals surface area contributed by atoms with E-state index < -0.39 is 0 Å². The Morgan fingerprint density at radius 1 is 1.16 bits per heavy atom. The molecule has 0 saturated heterocycles. The molecule has 166 valence electrons. The molecule has 0 unspecified atom stereocenters. The van der Waals surface area contributed by atoms with E-state index in [1.54, 1.807) is 18.3 Å². The summed E-state index contributed by atoms with van der Waals surface area (Å²) in [5.74, 6) is 0.493. The number of hydrogen-bond acceptors (Lipinski definition) is 3. The first-order valence-corrected chi connectivity index (χ1v) is 11.5. The zero-order valence-electron chi connectivity index (χ0n) is 18.2. The van der Waals surface area contributed by atoms with Crippen LogP contribution in [0.15, 0.2) is 42.6 Å². The lowest BCUT2D eigenvalue weighted by Gasteiger charge is -2.31. The highest BCUT2D eigenvalue weighted by atomic mass is 19.1. The largest absolute Gasteiger partial charge is 0.337 e. The molecule has 5 rings (SSSR count). The normalized spacial score (nSPS) is 20.8. The quantitative estimate of drug-likeness (QED) is 0.557. The molecule has 2 aliphatic rings. The summed E-state index contributed by atoms with van der Waals surface area (Å²) in [4.78, 5) is 30.7. The lowest BCUT2D eigenvalue weighted by molar-refractivity contribution is -0.133. The van der Waals surface area contributed by atoms with Gasteiger partial charge in [-0.3, -0.25) is 4.79 Å². The van der Waals surface area contributed by atoms with E-state index in [0.29, 0.717) is 32.0 Å². The zero-order chi connectivity index (χ0) is 22.1. The van der Waals surface area contributed by atoms with E-state index in [4.69, 9.17) is 0 Å². The van der Waals surface area contributed by atoms with Crippen molar-refractivity contribution in [1.29, 1.82) is 0 Å². The van der Waals surface area contributed by atoms with Gasteiger partial charge in [0.05, 0.1) is 6.54 Å². The van der Waals surface area contributed by atoms with Gasteiger partial charge in [0.15, 0.2) is 0 Å². The van der Waals surface area contributed by atoms with Crippen LogP contribution in [0.25, 0.3) is 11.0 Å². The third-order valence-electron chi connectivity index (χ3n) is 7.14. The van der Waals surface area contributed by atoms with Crippen molar-refractivity contribution in [1.82, 2.24) is 14.5 Å². The third kappa shape index (κ3) is 4.06. The van der Waals surface area contributed by atoms with Crippen LogP contribution in [0.5, 0.6) is 0 Å². The smallest absolute Gasteiger partial charge is 0.223 e. The number of carbonyl (C=O) groups is 2. The summed E-state index contributed by atoms with van der Waals surface area (Å²) in [6.45, 7) is 1.80. The number of aromatic nitrogens is 2. The molecule has 1 amide bonds. The highest BCUT2D eigenvalue weighted by Crippen LogP contribution is 2.33. The Morgan fingerprint density at radius 3 is 2.78 bits per heavy atom. The number of benzene rings is 1. The standard InChI is InChI=1S/C26H28FN3O2/c27-21-4-1-3-20(13-21)15-30-24-16-29(12-10-22(24)23-5-2-11-28-26(23)30)25(32)14-18-6-8-19(17-31)9-7-18/h1-5,11,13,17-19H,6-10,12,14-16H2. The summed E-state index contributed by atoms with van der Waals surface area (Å²) in [5, 5.41) is 1.12. The van der Waals surface area contributed by atoms with Crippen LogP contribution in [0.1, 0.15) is 48.9 Å². The Bertz CT molecular complexity index is 1150. The van der Waals surface area contributed by atoms with Gasteiger partial charge < -0.3 is 14.3 Å². The Labute approximate surface area is 187 Å². The Hall–Kier alpha value is -3.02. The molecule has 0 N–H and O–H groups in total. The van der Waals surface area contributed by atoms with E-state index in [2.05, 4.69) is 15.6 Å². The lowest BCUT2D eigenvalue weighted by Crippen LogP contribution is -2.38. The summed E-state index contributed by atoms with van der Waals surface area (Å²) in [6.07, 6.45) is 7.93. The maximum atomic E-state index is 13.8. The van der Waals surface area contributed by atoms with Gasteiger partial charge in [0, 0.05) is 42.7 Å². The number of halogens is 1. The van der Waals surface area contributed by atoms with Gasteiger partial charge in [0.25, 0.3) is 0 Å². The summed E-state index contributed by atoms with van der Waals surface area (Å²) in [5.41, 5.74) is 4.13. The molecule has 0 atom stereocenters. The van der Waals surface area contributed by atoms with Crippen LogP contribution in [0, 0.1) is 17.7 Å². The van der Waals surface area contributed by atoms with Crippen LogP contribution in [0.2, 0.25) is 0 Å². The SMILES string of the molecule is O=CC1CCC(CC(=O)N2CCc3c(n(Cc4cccc(F)c4)c4ncccc34)C2)CC1. The summed E-state index contributed by atoms with van der Waals surface area (Å²) < 4.78 is 15.9. The molecule has 3 aromatic rings. The Balaban J connectivity index is 1.38. The van der Waals surface area contributed by atoms with Crippen LogP contribution in [0.4, 0.5) is 4.39 Å². The highest BCUT2D eigenvalue weighted by molar-refractivity contribution is 5.84. The molecule has 1 aliphatic heterocycles. The Morgan fingerprint density at radius 2 is 2.00 bits per heavy atom. The van der Waals surface area contributed by atoms with Crippen molar-refractivity contribution in [3.8, 4) is 0 Å². The van der Waals surface area contributed by atoms with Crippen molar-refractivity contribution in [2.75, 3.05) is 6.54 Å². The minimum Gasteiger partial charge on any atom is -0.337 e. The van der Waals surface area contributed by atoms with E-state index in [9.17, 15) is 14.0 Å². The van der Waals surface area contributed by atoms with Crippen LogP contribution in [-0.2, 0) is 29.1 Å². The molecule has 1 aromatic carbocycles. The van der Waals surface area contributed by atoms with E-state index in [1.165, 1.54) is 11.6 Å². The molecule has 5 nitrogen and oxygen atoms in total. The zero-order valence-corrected chi connectivity index (χ0v) is 18.2. The number of pyridine rings is 1. The highest BCUT2D eigenvalue weighted by Gasteiger charge is 2.29. The fourth-order valence-corrected chi connectivity index (χ4v) is 5.37.